The third kappa shape index (κ3) is 1.22. The molecule has 0 radical (unpaired) electrons. The zero-order valence-corrected chi connectivity index (χ0v) is 5.59. The molecule has 0 aromatic carbocycles. The minimum Gasteiger partial charge on any atom is -0.361 e. The summed E-state index contributed by atoms with van der Waals surface area (Å²) in [4.78, 5) is 12.5. The van der Waals surface area contributed by atoms with E-state index in [1.807, 2.05) is 18.9 Å². The lowest BCUT2D eigenvalue weighted by molar-refractivity contribution is -0.118. The summed E-state index contributed by atoms with van der Waals surface area (Å²) in [6.07, 6.45) is 3.41. The van der Waals surface area contributed by atoms with E-state index in [0.29, 0.717) is 0 Å². The third-order valence-electron chi connectivity index (χ3n) is 1.42. The Morgan fingerprint density at radius 2 is 2.44 bits per heavy atom. The van der Waals surface area contributed by atoms with E-state index in [1.54, 1.807) is 6.20 Å². The van der Waals surface area contributed by atoms with Crippen LogP contribution in [0.15, 0.2) is 12.3 Å². The van der Waals surface area contributed by atoms with E-state index in [0.717, 1.165) is 0 Å². The maximum Gasteiger partial charge on any atom is 0.247 e. The van der Waals surface area contributed by atoms with Gasteiger partial charge in [-0.2, -0.15) is 0 Å². The van der Waals surface area contributed by atoms with E-state index in [4.69, 9.17) is 0 Å². The fourth-order valence-electron chi connectivity index (χ4n) is 0.670. The van der Waals surface area contributed by atoms with Crippen molar-refractivity contribution in [3.8, 4) is 0 Å². The molecule has 1 amide bonds. The Labute approximate surface area is 54.3 Å². The van der Waals surface area contributed by atoms with E-state index < -0.39 is 0 Å². The lowest BCUT2D eigenvalue weighted by Crippen LogP contribution is -2.44. The highest BCUT2D eigenvalue weighted by Gasteiger charge is 2.11. The summed E-state index contributed by atoms with van der Waals surface area (Å²) in [7, 11) is 1.92. The lowest BCUT2D eigenvalue weighted by Gasteiger charge is -2.26. The minimum absolute atomic E-state index is 0.0133. The predicted molar refractivity (Wildman–Crippen MR) is 34.5 cm³/mol. The Morgan fingerprint density at radius 3 is 2.89 bits per heavy atom. The molecule has 1 aliphatic rings. The van der Waals surface area contributed by atoms with E-state index >= 15 is 0 Å². The lowest BCUT2D eigenvalue weighted by atomic mass is 10.4. The van der Waals surface area contributed by atoms with Crippen molar-refractivity contribution in [2.24, 2.45) is 0 Å². The zero-order chi connectivity index (χ0) is 6.85. The van der Waals surface area contributed by atoms with Crippen LogP contribution in [0, 0.1) is 0 Å². The summed E-state index contributed by atoms with van der Waals surface area (Å²) in [5.74, 6) is -0.0133. The molecule has 1 atom stereocenters. The monoisotopic (exact) mass is 126 g/mol. The highest BCUT2D eigenvalue weighted by molar-refractivity contribution is 5.88. The Morgan fingerprint density at radius 1 is 1.78 bits per heavy atom. The molecule has 1 heterocycles. The van der Waals surface area contributed by atoms with Gasteiger partial charge in [-0.1, -0.05) is 0 Å². The van der Waals surface area contributed by atoms with Gasteiger partial charge >= 0.3 is 0 Å². The highest BCUT2D eigenvalue weighted by atomic mass is 16.1. The molecule has 1 aliphatic heterocycles. The van der Waals surface area contributed by atoms with E-state index in [9.17, 15) is 4.79 Å². The Balaban J connectivity index is 2.65. The molecule has 1 unspecified atom stereocenters. The molecule has 0 saturated heterocycles. The number of hydrogen-bond acceptors (Lipinski definition) is 2. The zero-order valence-electron chi connectivity index (χ0n) is 5.59. The second-order valence-corrected chi connectivity index (χ2v) is 2.17. The Bertz CT molecular complexity index is 153. The molecule has 9 heavy (non-hydrogen) atoms. The van der Waals surface area contributed by atoms with Crippen LogP contribution < -0.4 is 5.32 Å². The molecule has 0 aliphatic carbocycles. The van der Waals surface area contributed by atoms with Crippen LogP contribution in [0.2, 0.25) is 0 Å². The van der Waals surface area contributed by atoms with Crippen molar-refractivity contribution in [1.82, 2.24) is 10.2 Å². The average Bonchev–Trinajstić information content (AvgIpc) is 1.80. The molecule has 0 spiro atoms. The van der Waals surface area contributed by atoms with Gasteiger partial charge in [0.25, 0.3) is 0 Å². The third-order valence-corrected chi connectivity index (χ3v) is 1.42. The van der Waals surface area contributed by atoms with E-state index in [2.05, 4.69) is 5.32 Å². The number of nitrogens with one attached hydrogen (secondary N) is 1. The molecular formula is C6H10N2O. The average molecular weight is 126 g/mol. The van der Waals surface area contributed by atoms with Crippen LogP contribution in [-0.4, -0.2) is 24.0 Å². The van der Waals surface area contributed by atoms with Gasteiger partial charge in [-0.15, -0.1) is 0 Å². The van der Waals surface area contributed by atoms with Crippen molar-refractivity contribution < 1.29 is 4.79 Å². The molecule has 0 aromatic rings. The molecule has 1 N–H and O–H groups in total. The van der Waals surface area contributed by atoms with Crippen molar-refractivity contribution in [2.75, 3.05) is 7.05 Å². The summed E-state index contributed by atoms with van der Waals surface area (Å²) in [6.45, 7) is 1.93. The van der Waals surface area contributed by atoms with Crippen LogP contribution in [0.3, 0.4) is 0 Å². The number of carbonyl (C=O) groups is 1. The second kappa shape index (κ2) is 2.09. The maximum atomic E-state index is 10.6. The predicted octanol–water partition coefficient (Wildman–Crippen LogP) is -0.0923. The van der Waals surface area contributed by atoms with Crippen LogP contribution in [0.25, 0.3) is 0 Å². The van der Waals surface area contributed by atoms with Crippen LogP contribution in [0.5, 0.6) is 0 Å². The topological polar surface area (TPSA) is 32.3 Å². The molecule has 3 nitrogen and oxygen atoms in total. The van der Waals surface area contributed by atoms with E-state index in [1.165, 1.54) is 6.08 Å². The minimum atomic E-state index is -0.0133. The van der Waals surface area contributed by atoms with Gasteiger partial charge in [0.15, 0.2) is 0 Å². The first-order chi connectivity index (χ1) is 4.20. The number of nitrogens with zero attached hydrogens (tertiary/aromatic N) is 1. The SMILES string of the molecule is CC1NC(=O)C=CN1C. The van der Waals surface area contributed by atoms with Crippen molar-refractivity contribution in [1.29, 1.82) is 0 Å². The second-order valence-electron chi connectivity index (χ2n) is 2.17. The Hall–Kier alpha value is -0.990. The number of carbonyl (C=O) groups excluding carboxylic acids is 1. The van der Waals surface area contributed by atoms with Crippen LogP contribution in [0.1, 0.15) is 6.92 Å². The molecule has 1 rings (SSSR count). The largest absolute Gasteiger partial charge is 0.361 e. The molecule has 0 bridgehead atoms. The van der Waals surface area contributed by atoms with Crippen LogP contribution >= 0.6 is 0 Å². The summed E-state index contributed by atoms with van der Waals surface area (Å²) in [6, 6.07) is 0. The van der Waals surface area contributed by atoms with Gasteiger partial charge in [-0.25, -0.2) is 0 Å². The number of amides is 1. The van der Waals surface area contributed by atoms with Crippen LogP contribution in [0.4, 0.5) is 0 Å². The van der Waals surface area contributed by atoms with Gasteiger partial charge < -0.3 is 10.2 Å². The van der Waals surface area contributed by atoms with Crippen molar-refractivity contribution in [2.45, 2.75) is 13.1 Å². The van der Waals surface area contributed by atoms with Gasteiger partial charge in [0.1, 0.15) is 0 Å². The molecule has 0 fully saturated rings. The Kier molecular flexibility index (Phi) is 1.42. The molecule has 50 valence electrons. The summed E-state index contributed by atoms with van der Waals surface area (Å²) in [5.41, 5.74) is 0. The number of rotatable bonds is 0. The first-order valence-corrected chi connectivity index (χ1v) is 2.91. The van der Waals surface area contributed by atoms with Gasteiger partial charge in [0.05, 0.1) is 6.17 Å². The summed E-state index contributed by atoms with van der Waals surface area (Å²) >= 11 is 0. The normalized spacial score (nSPS) is 26.2. The van der Waals surface area contributed by atoms with Crippen molar-refractivity contribution in [3.63, 3.8) is 0 Å². The van der Waals surface area contributed by atoms with Gasteiger partial charge in [0, 0.05) is 19.3 Å². The first-order valence-electron chi connectivity index (χ1n) is 2.91. The quantitative estimate of drug-likeness (QED) is 0.492. The smallest absolute Gasteiger partial charge is 0.247 e. The summed E-state index contributed by atoms with van der Waals surface area (Å²) < 4.78 is 0. The van der Waals surface area contributed by atoms with Crippen molar-refractivity contribution in [3.05, 3.63) is 12.3 Å². The van der Waals surface area contributed by atoms with Gasteiger partial charge in [-0.05, 0) is 6.92 Å². The maximum absolute atomic E-state index is 10.6. The first kappa shape index (κ1) is 6.13. The molecular weight excluding hydrogens is 116 g/mol. The van der Waals surface area contributed by atoms with Crippen LogP contribution in [-0.2, 0) is 4.79 Å². The fraction of sp³-hybridized carbons (Fsp3) is 0.500. The van der Waals surface area contributed by atoms with Gasteiger partial charge in [-0.3, -0.25) is 4.79 Å². The molecule has 3 heteroatoms. The van der Waals surface area contributed by atoms with Gasteiger partial charge in [0.2, 0.25) is 5.91 Å². The number of hydrogen-bond donors (Lipinski definition) is 1. The standard InChI is InChI=1S/C6H10N2O/c1-5-7-6(9)3-4-8(5)2/h3-5H,1-2H3,(H,7,9). The van der Waals surface area contributed by atoms with Crippen molar-refractivity contribution >= 4 is 5.91 Å². The molecule has 0 saturated carbocycles. The highest BCUT2D eigenvalue weighted by Crippen LogP contribution is 1.97. The summed E-state index contributed by atoms with van der Waals surface area (Å²) in [5, 5.41) is 2.73. The molecule has 0 aromatic heterocycles. The van der Waals surface area contributed by atoms with E-state index in [-0.39, 0.29) is 12.1 Å². The fourth-order valence-corrected chi connectivity index (χ4v) is 0.670.